The van der Waals surface area contributed by atoms with Crippen molar-refractivity contribution < 1.29 is 14.1 Å². The second kappa shape index (κ2) is 7.62. The van der Waals surface area contributed by atoms with E-state index in [2.05, 4.69) is 10.1 Å². The van der Waals surface area contributed by atoms with Crippen molar-refractivity contribution in [3.8, 4) is 0 Å². The molecule has 0 radical (unpaired) electrons. The molecule has 2 bridgehead atoms. The number of fused-ring (bicyclic) bond motifs is 4. The fourth-order valence-electron chi connectivity index (χ4n) is 4.77. The smallest absolute Gasteiger partial charge is 0.228 e. The van der Waals surface area contributed by atoms with Crippen LogP contribution in [0.15, 0.2) is 4.52 Å². The topological polar surface area (TPSA) is 69.9 Å². The van der Waals surface area contributed by atoms with Gasteiger partial charge >= 0.3 is 0 Å². The van der Waals surface area contributed by atoms with Crippen molar-refractivity contribution >= 4 is 11.8 Å². The molecule has 0 aromatic carbocycles. The van der Waals surface area contributed by atoms with Crippen LogP contribution in [0.25, 0.3) is 0 Å². The molecule has 4 saturated heterocycles. The van der Waals surface area contributed by atoms with E-state index in [1.54, 1.807) is 0 Å². The highest BCUT2D eigenvalue weighted by Gasteiger charge is 2.42. The van der Waals surface area contributed by atoms with Gasteiger partial charge in [-0.2, -0.15) is 0 Å². The molecule has 4 aliphatic rings. The molecular formula is C20H30N4O3. The van der Waals surface area contributed by atoms with Crippen LogP contribution in [0.5, 0.6) is 0 Å². The first-order valence-electron chi connectivity index (χ1n) is 10.3. The van der Waals surface area contributed by atoms with Gasteiger partial charge in [0.15, 0.2) is 0 Å². The summed E-state index contributed by atoms with van der Waals surface area (Å²) in [6.45, 7) is 8.66. The highest BCUT2D eigenvalue weighted by atomic mass is 16.5. The minimum absolute atomic E-state index is 0.0695. The Morgan fingerprint density at radius 1 is 1.19 bits per heavy atom. The third kappa shape index (κ3) is 3.74. The molecule has 0 saturated carbocycles. The van der Waals surface area contributed by atoms with Crippen molar-refractivity contribution in [2.45, 2.75) is 58.5 Å². The normalized spacial score (nSPS) is 26.1. The van der Waals surface area contributed by atoms with Crippen LogP contribution in [0.2, 0.25) is 0 Å². The summed E-state index contributed by atoms with van der Waals surface area (Å²) in [5.74, 6) is 1.09. The number of rotatable bonds is 5. The van der Waals surface area contributed by atoms with Crippen molar-refractivity contribution in [3.63, 3.8) is 0 Å². The van der Waals surface area contributed by atoms with Crippen LogP contribution in [0.1, 0.15) is 49.1 Å². The number of hydrogen-bond donors (Lipinski definition) is 0. The van der Waals surface area contributed by atoms with E-state index in [1.165, 1.54) is 12.8 Å². The first-order valence-corrected chi connectivity index (χ1v) is 10.3. The summed E-state index contributed by atoms with van der Waals surface area (Å²) in [6, 6.07) is 0.0979. The van der Waals surface area contributed by atoms with E-state index in [1.807, 2.05) is 23.6 Å². The lowest BCUT2D eigenvalue weighted by molar-refractivity contribution is -0.140. The van der Waals surface area contributed by atoms with E-state index in [0.29, 0.717) is 26.1 Å². The lowest BCUT2D eigenvalue weighted by Gasteiger charge is -2.35. The van der Waals surface area contributed by atoms with Gasteiger partial charge in [-0.15, -0.1) is 0 Å². The van der Waals surface area contributed by atoms with Gasteiger partial charge in [-0.05, 0) is 52.6 Å². The molecule has 5 heterocycles. The molecule has 1 aromatic heterocycles. The predicted molar refractivity (Wildman–Crippen MR) is 99.9 cm³/mol. The van der Waals surface area contributed by atoms with Crippen LogP contribution in [0, 0.1) is 19.8 Å². The first-order chi connectivity index (χ1) is 13.0. The van der Waals surface area contributed by atoms with Gasteiger partial charge in [0.25, 0.3) is 0 Å². The van der Waals surface area contributed by atoms with Crippen molar-refractivity contribution in [1.29, 1.82) is 0 Å². The Morgan fingerprint density at radius 2 is 1.96 bits per heavy atom. The minimum Gasteiger partial charge on any atom is -0.361 e. The molecule has 7 nitrogen and oxygen atoms in total. The Morgan fingerprint density at radius 3 is 2.67 bits per heavy atom. The van der Waals surface area contributed by atoms with E-state index in [4.69, 9.17) is 4.52 Å². The third-order valence-electron chi connectivity index (χ3n) is 6.50. The molecule has 0 unspecified atom stereocenters. The second-order valence-electron chi connectivity index (χ2n) is 8.29. The van der Waals surface area contributed by atoms with Crippen molar-refractivity contribution in [1.82, 2.24) is 19.9 Å². The van der Waals surface area contributed by atoms with Gasteiger partial charge in [0, 0.05) is 37.7 Å². The number of piperidine rings is 1. The maximum absolute atomic E-state index is 13.0. The largest absolute Gasteiger partial charge is 0.361 e. The van der Waals surface area contributed by atoms with Gasteiger partial charge in [0.1, 0.15) is 5.76 Å². The molecule has 1 aromatic rings. The molecule has 7 heteroatoms. The first kappa shape index (κ1) is 18.5. The van der Waals surface area contributed by atoms with E-state index >= 15 is 0 Å². The summed E-state index contributed by atoms with van der Waals surface area (Å²) in [5.41, 5.74) is 1.85. The van der Waals surface area contributed by atoms with E-state index < -0.39 is 0 Å². The molecule has 0 spiro atoms. The minimum atomic E-state index is -0.0695. The average Bonchev–Trinajstić information content (AvgIpc) is 3.18. The zero-order valence-electron chi connectivity index (χ0n) is 16.4. The van der Waals surface area contributed by atoms with Gasteiger partial charge in [-0.1, -0.05) is 5.16 Å². The monoisotopic (exact) mass is 374 g/mol. The number of hydrogen-bond acceptors (Lipinski definition) is 5. The highest BCUT2D eigenvalue weighted by Crippen LogP contribution is 2.31. The molecule has 0 N–H and O–H groups in total. The highest BCUT2D eigenvalue weighted by molar-refractivity contribution is 5.83. The average molecular weight is 374 g/mol. The van der Waals surface area contributed by atoms with Gasteiger partial charge in [0.2, 0.25) is 11.8 Å². The number of nitrogens with zero attached hydrogens (tertiary/aromatic N) is 4. The third-order valence-corrected chi connectivity index (χ3v) is 6.50. The number of aryl methyl sites for hydroxylation is 2. The standard InChI is InChI=1S/C20H30N4O3/c1-14-18(15(2)27-21-14)13-24-17-6-5-16(20(24)26)11-23(12-17)19(25)7-10-22-8-3-4-9-22/h16-17H,3-13H2,1-2H3/t16-,17+/m0/s1. The van der Waals surface area contributed by atoms with Gasteiger partial charge in [-0.3, -0.25) is 9.59 Å². The predicted octanol–water partition coefficient (Wildman–Crippen LogP) is 1.73. The lowest BCUT2D eigenvalue weighted by atomic mass is 9.93. The van der Waals surface area contributed by atoms with E-state index in [0.717, 1.165) is 49.5 Å². The zero-order chi connectivity index (χ0) is 19.0. The molecule has 148 valence electrons. The summed E-state index contributed by atoms with van der Waals surface area (Å²) in [5, 5.41) is 4.02. The number of aromatic nitrogens is 1. The van der Waals surface area contributed by atoms with Gasteiger partial charge in [0.05, 0.1) is 18.2 Å². The molecule has 27 heavy (non-hydrogen) atoms. The molecule has 5 rings (SSSR count). The number of likely N-dealkylation sites (tertiary alicyclic amines) is 1. The molecule has 0 aliphatic carbocycles. The Kier molecular flexibility index (Phi) is 5.21. The fourth-order valence-corrected chi connectivity index (χ4v) is 4.77. The SMILES string of the molecule is Cc1noc(C)c1CN1C(=O)[C@H]2CC[C@@H]1CN(C(=O)CCN1CCCC1)C2. The quantitative estimate of drug-likeness (QED) is 0.785. The summed E-state index contributed by atoms with van der Waals surface area (Å²) >= 11 is 0. The summed E-state index contributed by atoms with van der Waals surface area (Å²) in [4.78, 5) is 32.1. The van der Waals surface area contributed by atoms with Crippen LogP contribution in [-0.4, -0.2) is 70.4 Å². The molecule has 4 fully saturated rings. The Balaban J connectivity index is 1.43. The van der Waals surface area contributed by atoms with Crippen LogP contribution >= 0.6 is 0 Å². The lowest BCUT2D eigenvalue weighted by Crippen LogP contribution is -2.47. The molecule has 2 atom stereocenters. The Labute approximate surface area is 160 Å². The number of amides is 2. The fraction of sp³-hybridized carbons (Fsp3) is 0.750. The second-order valence-corrected chi connectivity index (χ2v) is 8.29. The van der Waals surface area contributed by atoms with E-state index in [-0.39, 0.29) is 23.8 Å². The summed E-state index contributed by atoms with van der Waals surface area (Å²) in [7, 11) is 0. The van der Waals surface area contributed by atoms with Crippen molar-refractivity contribution in [2.24, 2.45) is 5.92 Å². The zero-order valence-corrected chi connectivity index (χ0v) is 16.4. The van der Waals surface area contributed by atoms with Crippen LogP contribution in [-0.2, 0) is 16.1 Å². The summed E-state index contributed by atoms with van der Waals surface area (Å²) in [6.07, 6.45) is 4.91. The molecule has 4 aliphatic heterocycles. The summed E-state index contributed by atoms with van der Waals surface area (Å²) < 4.78 is 5.27. The maximum atomic E-state index is 13.0. The van der Waals surface area contributed by atoms with Crippen molar-refractivity contribution in [2.75, 3.05) is 32.7 Å². The number of carbonyl (C=O) groups excluding carboxylic acids is 2. The van der Waals surface area contributed by atoms with Gasteiger partial charge < -0.3 is 19.2 Å². The van der Waals surface area contributed by atoms with Crippen LogP contribution in [0.4, 0.5) is 0 Å². The van der Waals surface area contributed by atoms with Crippen LogP contribution < -0.4 is 0 Å². The Bertz CT molecular complexity index is 691. The molecular weight excluding hydrogens is 344 g/mol. The molecule has 2 amide bonds. The van der Waals surface area contributed by atoms with Crippen LogP contribution in [0.3, 0.4) is 0 Å². The Hall–Kier alpha value is -1.89. The van der Waals surface area contributed by atoms with Gasteiger partial charge in [-0.25, -0.2) is 0 Å². The maximum Gasteiger partial charge on any atom is 0.228 e. The van der Waals surface area contributed by atoms with Crippen molar-refractivity contribution in [3.05, 3.63) is 17.0 Å². The van der Waals surface area contributed by atoms with E-state index in [9.17, 15) is 9.59 Å². The number of carbonyl (C=O) groups is 2.